The largest absolute Gasteiger partial charge is 0.313 e. The van der Waals surface area contributed by atoms with Crippen molar-refractivity contribution < 1.29 is 0 Å². The van der Waals surface area contributed by atoms with E-state index in [1.807, 2.05) is 24.5 Å². The van der Waals surface area contributed by atoms with Crippen molar-refractivity contribution in [3.8, 4) is 10.4 Å². The smallest absolute Gasteiger partial charge is 0.0383 e. The second-order valence-electron chi connectivity index (χ2n) is 3.72. The van der Waals surface area contributed by atoms with E-state index < -0.39 is 0 Å². The first kappa shape index (κ1) is 11.8. The summed E-state index contributed by atoms with van der Waals surface area (Å²) in [6.07, 6.45) is 0. The molecule has 1 aromatic heterocycles. The SMILES string of the molecule is CNC(C)c1ccc(-c2cccc(Br)c2)s1. The van der Waals surface area contributed by atoms with E-state index in [0.717, 1.165) is 4.47 Å². The van der Waals surface area contributed by atoms with Gasteiger partial charge in [0.05, 0.1) is 0 Å². The average molecular weight is 296 g/mol. The number of hydrogen-bond donors (Lipinski definition) is 1. The lowest BCUT2D eigenvalue weighted by molar-refractivity contribution is 0.664. The van der Waals surface area contributed by atoms with Crippen LogP contribution in [0, 0.1) is 0 Å². The fourth-order valence-corrected chi connectivity index (χ4v) is 2.99. The normalized spacial score (nSPS) is 12.7. The van der Waals surface area contributed by atoms with Crippen molar-refractivity contribution in [2.45, 2.75) is 13.0 Å². The standard InChI is InChI=1S/C13H14BrNS/c1-9(15-2)12-6-7-13(16-12)10-4-3-5-11(14)8-10/h3-9,15H,1-2H3. The number of rotatable bonds is 3. The van der Waals surface area contributed by atoms with Crippen LogP contribution in [-0.2, 0) is 0 Å². The highest BCUT2D eigenvalue weighted by molar-refractivity contribution is 9.10. The van der Waals surface area contributed by atoms with Crippen LogP contribution in [0.25, 0.3) is 10.4 Å². The fraction of sp³-hybridized carbons (Fsp3) is 0.231. The minimum absolute atomic E-state index is 0.422. The molecule has 0 amide bonds. The molecule has 0 bridgehead atoms. The Bertz CT molecular complexity index is 478. The monoisotopic (exact) mass is 295 g/mol. The molecule has 1 aromatic carbocycles. The molecule has 1 unspecified atom stereocenters. The zero-order chi connectivity index (χ0) is 11.5. The fourth-order valence-electron chi connectivity index (χ4n) is 1.52. The summed E-state index contributed by atoms with van der Waals surface area (Å²) >= 11 is 5.35. The van der Waals surface area contributed by atoms with Gasteiger partial charge in [0.1, 0.15) is 0 Å². The Labute approximate surface area is 109 Å². The number of halogens is 1. The Balaban J connectivity index is 2.31. The van der Waals surface area contributed by atoms with E-state index in [1.165, 1.54) is 15.3 Å². The zero-order valence-electron chi connectivity index (χ0n) is 9.33. The van der Waals surface area contributed by atoms with E-state index >= 15 is 0 Å². The van der Waals surface area contributed by atoms with Crippen LogP contribution in [0.2, 0.25) is 0 Å². The van der Waals surface area contributed by atoms with Crippen LogP contribution < -0.4 is 5.32 Å². The molecule has 1 atom stereocenters. The Morgan fingerprint density at radius 2 is 2.06 bits per heavy atom. The van der Waals surface area contributed by atoms with Gasteiger partial charge in [0.2, 0.25) is 0 Å². The van der Waals surface area contributed by atoms with Crippen LogP contribution in [0.1, 0.15) is 17.8 Å². The molecule has 0 saturated heterocycles. The molecule has 1 heterocycles. The molecule has 1 N–H and O–H groups in total. The van der Waals surface area contributed by atoms with Crippen LogP contribution in [0.3, 0.4) is 0 Å². The van der Waals surface area contributed by atoms with Crippen LogP contribution in [0.15, 0.2) is 40.9 Å². The van der Waals surface area contributed by atoms with E-state index in [2.05, 4.69) is 58.5 Å². The maximum absolute atomic E-state index is 3.50. The zero-order valence-corrected chi connectivity index (χ0v) is 11.7. The van der Waals surface area contributed by atoms with Crippen LogP contribution in [0.4, 0.5) is 0 Å². The van der Waals surface area contributed by atoms with E-state index in [1.54, 1.807) is 0 Å². The first-order valence-corrected chi connectivity index (χ1v) is 6.84. The predicted octanol–water partition coefficient (Wildman–Crippen LogP) is 4.46. The van der Waals surface area contributed by atoms with Gasteiger partial charge >= 0.3 is 0 Å². The van der Waals surface area contributed by atoms with E-state index in [-0.39, 0.29) is 0 Å². The van der Waals surface area contributed by atoms with E-state index in [9.17, 15) is 0 Å². The summed E-state index contributed by atoms with van der Waals surface area (Å²) < 4.78 is 1.13. The average Bonchev–Trinajstić information content (AvgIpc) is 2.77. The topological polar surface area (TPSA) is 12.0 Å². The van der Waals surface area contributed by atoms with Gasteiger partial charge in [-0.2, -0.15) is 0 Å². The molecule has 0 aliphatic heterocycles. The third-order valence-electron chi connectivity index (χ3n) is 2.60. The van der Waals surface area contributed by atoms with Crippen molar-refractivity contribution in [2.24, 2.45) is 0 Å². The Kier molecular flexibility index (Phi) is 3.79. The Morgan fingerprint density at radius 1 is 1.25 bits per heavy atom. The van der Waals surface area contributed by atoms with E-state index in [0.29, 0.717) is 6.04 Å². The van der Waals surface area contributed by atoms with Gasteiger partial charge in [-0.25, -0.2) is 0 Å². The maximum Gasteiger partial charge on any atom is 0.0383 e. The molecular formula is C13H14BrNS. The molecule has 0 fully saturated rings. The van der Waals surface area contributed by atoms with Crippen LogP contribution >= 0.6 is 27.3 Å². The van der Waals surface area contributed by atoms with Crippen molar-refractivity contribution in [3.63, 3.8) is 0 Å². The Morgan fingerprint density at radius 3 is 2.75 bits per heavy atom. The van der Waals surface area contributed by atoms with Crippen molar-refractivity contribution in [1.82, 2.24) is 5.32 Å². The third kappa shape index (κ3) is 2.54. The predicted molar refractivity (Wildman–Crippen MR) is 74.9 cm³/mol. The summed E-state index contributed by atoms with van der Waals surface area (Å²) in [5.74, 6) is 0. The quantitative estimate of drug-likeness (QED) is 0.882. The summed E-state index contributed by atoms with van der Waals surface area (Å²) in [6.45, 7) is 2.18. The highest BCUT2D eigenvalue weighted by Gasteiger charge is 2.07. The highest BCUT2D eigenvalue weighted by Crippen LogP contribution is 2.32. The van der Waals surface area contributed by atoms with Crippen LogP contribution in [0.5, 0.6) is 0 Å². The molecule has 84 valence electrons. The molecule has 0 aliphatic carbocycles. The van der Waals surface area contributed by atoms with Crippen LogP contribution in [-0.4, -0.2) is 7.05 Å². The van der Waals surface area contributed by atoms with Gasteiger partial charge in [-0.15, -0.1) is 11.3 Å². The summed E-state index contributed by atoms with van der Waals surface area (Å²) in [5, 5.41) is 3.26. The third-order valence-corrected chi connectivity index (χ3v) is 4.41. The molecule has 0 radical (unpaired) electrons. The van der Waals surface area contributed by atoms with Gasteiger partial charge < -0.3 is 5.32 Å². The van der Waals surface area contributed by atoms with Gasteiger partial charge in [0.15, 0.2) is 0 Å². The molecule has 2 rings (SSSR count). The molecule has 0 aliphatic rings. The van der Waals surface area contributed by atoms with E-state index in [4.69, 9.17) is 0 Å². The molecule has 0 spiro atoms. The molecular weight excluding hydrogens is 282 g/mol. The van der Waals surface area contributed by atoms with Crippen molar-refractivity contribution in [1.29, 1.82) is 0 Å². The maximum atomic E-state index is 3.50. The minimum Gasteiger partial charge on any atom is -0.313 e. The number of thiophene rings is 1. The minimum atomic E-state index is 0.422. The lowest BCUT2D eigenvalue weighted by Gasteiger charge is -2.05. The molecule has 2 aromatic rings. The highest BCUT2D eigenvalue weighted by atomic mass is 79.9. The first-order chi connectivity index (χ1) is 7.70. The molecule has 0 saturated carbocycles. The van der Waals surface area contributed by atoms with Gasteiger partial charge in [-0.1, -0.05) is 28.1 Å². The molecule has 16 heavy (non-hydrogen) atoms. The second-order valence-corrected chi connectivity index (χ2v) is 5.75. The van der Waals surface area contributed by atoms with Gasteiger partial charge in [0.25, 0.3) is 0 Å². The molecule has 1 nitrogen and oxygen atoms in total. The lowest BCUT2D eigenvalue weighted by atomic mass is 10.2. The summed E-state index contributed by atoms with van der Waals surface area (Å²) in [5.41, 5.74) is 1.27. The second kappa shape index (κ2) is 5.13. The van der Waals surface area contributed by atoms with Gasteiger partial charge in [-0.3, -0.25) is 0 Å². The summed E-state index contributed by atoms with van der Waals surface area (Å²) in [6, 6.07) is 13.2. The van der Waals surface area contributed by atoms with Gasteiger partial charge in [0, 0.05) is 20.3 Å². The summed E-state index contributed by atoms with van der Waals surface area (Å²) in [7, 11) is 1.99. The van der Waals surface area contributed by atoms with Crippen molar-refractivity contribution in [3.05, 3.63) is 45.7 Å². The number of benzene rings is 1. The van der Waals surface area contributed by atoms with Crippen molar-refractivity contribution in [2.75, 3.05) is 7.05 Å². The van der Waals surface area contributed by atoms with Crippen molar-refractivity contribution >= 4 is 27.3 Å². The molecule has 3 heteroatoms. The summed E-state index contributed by atoms with van der Waals surface area (Å²) in [4.78, 5) is 2.69. The number of nitrogens with one attached hydrogen (secondary N) is 1. The van der Waals surface area contributed by atoms with Gasteiger partial charge in [-0.05, 0) is 43.8 Å². The first-order valence-electron chi connectivity index (χ1n) is 5.23. The lowest BCUT2D eigenvalue weighted by Crippen LogP contribution is -2.10. The Hall–Kier alpha value is -0.640. The number of hydrogen-bond acceptors (Lipinski definition) is 2.